The fourth-order valence-electron chi connectivity index (χ4n) is 3.17. The maximum absolute atomic E-state index is 14.6. The highest BCUT2D eigenvalue weighted by Crippen LogP contribution is 2.35. The summed E-state index contributed by atoms with van der Waals surface area (Å²) in [5, 5.41) is 7.19. The van der Waals surface area contributed by atoms with Crippen LogP contribution in [0.2, 0.25) is 0 Å². The van der Waals surface area contributed by atoms with Gasteiger partial charge in [-0.05, 0) is 60.0 Å². The number of thiocarbonyl (C=S) groups is 1. The molecule has 2 aromatic rings. The van der Waals surface area contributed by atoms with Gasteiger partial charge in [-0.2, -0.15) is 0 Å². The summed E-state index contributed by atoms with van der Waals surface area (Å²) in [5.74, 6) is -0.937. The summed E-state index contributed by atoms with van der Waals surface area (Å²) in [5.41, 5.74) is 2.10. The molecule has 2 atom stereocenters. The highest BCUT2D eigenvalue weighted by atomic mass is 32.2. The second-order valence-electron chi connectivity index (χ2n) is 7.15. The summed E-state index contributed by atoms with van der Waals surface area (Å²) >= 11 is 6.66. The van der Waals surface area contributed by atoms with E-state index in [1.165, 1.54) is 42.7 Å². The fraction of sp³-hybridized carbons (Fsp3) is 0.182. The van der Waals surface area contributed by atoms with Crippen LogP contribution in [0.15, 0.2) is 63.4 Å². The van der Waals surface area contributed by atoms with E-state index in [1.807, 2.05) is 12.3 Å². The molecular formula is C22H18F2N4O2S2. The molecule has 0 spiro atoms. The lowest BCUT2D eigenvalue weighted by Gasteiger charge is -2.22. The lowest BCUT2D eigenvalue weighted by atomic mass is 10.1. The third-order valence-electron chi connectivity index (χ3n) is 4.74. The van der Waals surface area contributed by atoms with Crippen LogP contribution < -0.4 is 15.4 Å². The van der Waals surface area contributed by atoms with Gasteiger partial charge in [-0.1, -0.05) is 12.1 Å². The van der Waals surface area contributed by atoms with E-state index < -0.39 is 5.82 Å². The molecule has 0 aromatic heterocycles. The first-order valence-corrected chi connectivity index (χ1v) is 11.0. The van der Waals surface area contributed by atoms with Crippen molar-refractivity contribution in [1.82, 2.24) is 5.32 Å². The van der Waals surface area contributed by atoms with Crippen molar-refractivity contribution < 1.29 is 18.3 Å². The third kappa shape index (κ3) is 5.20. The van der Waals surface area contributed by atoms with Gasteiger partial charge in [0, 0.05) is 11.8 Å². The lowest BCUT2D eigenvalue weighted by Crippen LogP contribution is -2.35. The van der Waals surface area contributed by atoms with E-state index in [2.05, 4.69) is 20.6 Å². The Morgan fingerprint density at radius 2 is 2.00 bits per heavy atom. The Kier molecular flexibility index (Phi) is 6.61. The Bertz CT molecular complexity index is 1150. The Morgan fingerprint density at radius 3 is 2.75 bits per heavy atom. The molecule has 2 aromatic carbocycles. The highest BCUT2D eigenvalue weighted by Gasteiger charge is 2.35. The van der Waals surface area contributed by atoms with Crippen molar-refractivity contribution in [1.29, 1.82) is 0 Å². The van der Waals surface area contributed by atoms with Crippen molar-refractivity contribution in [3.05, 3.63) is 70.6 Å². The molecule has 2 heterocycles. The van der Waals surface area contributed by atoms with E-state index >= 15 is 0 Å². The minimum absolute atomic E-state index is 0.0183. The number of nitrogens with one attached hydrogen (secondary N) is 2. The van der Waals surface area contributed by atoms with Crippen LogP contribution in [0.4, 0.5) is 14.5 Å². The Morgan fingerprint density at radius 1 is 1.22 bits per heavy atom. The van der Waals surface area contributed by atoms with Gasteiger partial charge in [0.05, 0.1) is 12.5 Å². The molecule has 0 fully saturated rings. The number of halogens is 2. The summed E-state index contributed by atoms with van der Waals surface area (Å²) in [6.45, 7) is 1.99. The van der Waals surface area contributed by atoms with Crippen molar-refractivity contribution in [2.75, 3.05) is 5.32 Å². The zero-order valence-corrected chi connectivity index (χ0v) is 18.5. The van der Waals surface area contributed by atoms with Gasteiger partial charge >= 0.3 is 0 Å². The van der Waals surface area contributed by atoms with Gasteiger partial charge in [0.15, 0.2) is 16.7 Å². The number of ether oxygens (including phenoxy) is 1. The number of thioether (sulfide) groups is 1. The number of amides is 1. The Hall–Kier alpha value is -3.11. The average Bonchev–Trinajstić information content (AvgIpc) is 3.13. The number of hydrogen-bond donors (Lipinski definition) is 2. The zero-order valence-electron chi connectivity index (χ0n) is 16.8. The molecule has 0 radical (unpaired) electrons. The SMILES string of the molecule is CC1=CSC2C(Oc3ccc(NC(=S)NC(=O)Cc4ccc(F)cc4)cc3F)=NC=NC12. The molecule has 2 N–H and O–H groups in total. The van der Waals surface area contributed by atoms with Crippen LogP contribution >= 0.6 is 24.0 Å². The molecule has 0 saturated heterocycles. The molecule has 0 saturated carbocycles. The van der Waals surface area contributed by atoms with Gasteiger partial charge in [-0.25, -0.2) is 13.8 Å². The zero-order chi connectivity index (χ0) is 22.7. The summed E-state index contributed by atoms with van der Waals surface area (Å²) in [7, 11) is 0. The Balaban J connectivity index is 1.33. The quantitative estimate of drug-likeness (QED) is 0.652. The summed E-state index contributed by atoms with van der Waals surface area (Å²) in [6, 6.07) is 9.81. The highest BCUT2D eigenvalue weighted by molar-refractivity contribution is 8.03. The molecule has 4 rings (SSSR count). The van der Waals surface area contributed by atoms with Gasteiger partial charge in [0.1, 0.15) is 17.4 Å². The normalized spacial score (nSPS) is 19.0. The first-order chi connectivity index (χ1) is 15.4. The molecule has 0 aliphatic carbocycles. The number of benzene rings is 2. The largest absolute Gasteiger partial charge is 0.439 e. The first-order valence-electron chi connectivity index (χ1n) is 9.63. The number of fused-ring (bicyclic) bond motifs is 1. The van der Waals surface area contributed by atoms with E-state index in [-0.39, 0.29) is 40.3 Å². The van der Waals surface area contributed by atoms with E-state index in [0.717, 1.165) is 5.57 Å². The van der Waals surface area contributed by atoms with Crippen LogP contribution in [0, 0.1) is 11.6 Å². The van der Waals surface area contributed by atoms with Gasteiger partial charge in [0.25, 0.3) is 0 Å². The predicted molar refractivity (Wildman–Crippen MR) is 126 cm³/mol. The molecule has 164 valence electrons. The van der Waals surface area contributed by atoms with Crippen LogP contribution in [0.1, 0.15) is 12.5 Å². The van der Waals surface area contributed by atoms with Crippen LogP contribution in [-0.2, 0) is 11.2 Å². The molecule has 10 heteroatoms. The summed E-state index contributed by atoms with van der Waals surface area (Å²) in [6.07, 6.45) is 1.46. The predicted octanol–water partition coefficient (Wildman–Crippen LogP) is 4.23. The molecular weight excluding hydrogens is 454 g/mol. The number of rotatable bonds is 4. The van der Waals surface area contributed by atoms with E-state index in [9.17, 15) is 13.6 Å². The van der Waals surface area contributed by atoms with Crippen molar-refractivity contribution in [2.24, 2.45) is 9.98 Å². The van der Waals surface area contributed by atoms with Crippen LogP contribution in [-0.4, -0.2) is 34.5 Å². The maximum atomic E-state index is 14.6. The monoisotopic (exact) mass is 472 g/mol. The standard InChI is InChI=1S/C22H18F2N4O2S2/c1-12-10-32-20-19(12)25-11-26-21(20)30-17-7-6-15(9-16(17)24)27-22(31)28-18(29)8-13-2-4-14(23)5-3-13/h2-7,9-11,19-20H,8H2,1H3,(H2,27,28,29,31). The first kappa shape index (κ1) is 22.1. The molecule has 1 amide bonds. The minimum atomic E-state index is -0.607. The number of carbonyl (C=O) groups is 1. The topological polar surface area (TPSA) is 75.1 Å². The second kappa shape index (κ2) is 9.58. The van der Waals surface area contributed by atoms with Crippen molar-refractivity contribution >= 4 is 52.9 Å². The van der Waals surface area contributed by atoms with E-state index in [0.29, 0.717) is 17.1 Å². The Labute approximate surface area is 192 Å². The molecule has 2 aliphatic heterocycles. The van der Waals surface area contributed by atoms with Gasteiger partial charge in [-0.15, -0.1) is 11.8 Å². The maximum Gasteiger partial charge on any atom is 0.230 e. The molecule has 2 aliphatic rings. The molecule has 32 heavy (non-hydrogen) atoms. The van der Waals surface area contributed by atoms with Crippen molar-refractivity contribution in [3.8, 4) is 5.75 Å². The van der Waals surface area contributed by atoms with E-state index in [4.69, 9.17) is 17.0 Å². The summed E-state index contributed by atoms with van der Waals surface area (Å²) in [4.78, 5) is 20.6. The number of aliphatic imine (C=N–C) groups is 2. The molecule has 6 nitrogen and oxygen atoms in total. The number of hydrogen-bond acceptors (Lipinski definition) is 6. The number of anilines is 1. The van der Waals surface area contributed by atoms with E-state index in [1.54, 1.807) is 17.8 Å². The fourth-order valence-corrected chi connectivity index (χ4v) is 4.56. The smallest absolute Gasteiger partial charge is 0.230 e. The molecule has 2 unspecified atom stereocenters. The van der Waals surface area contributed by atoms with Crippen LogP contribution in [0.25, 0.3) is 0 Å². The number of nitrogens with zero attached hydrogens (tertiary/aromatic N) is 2. The molecule has 0 bridgehead atoms. The second-order valence-corrected chi connectivity index (χ2v) is 8.57. The minimum Gasteiger partial charge on any atom is -0.439 e. The van der Waals surface area contributed by atoms with Gasteiger partial charge in [0.2, 0.25) is 11.8 Å². The lowest BCUT2D eigenvalue weighted by molar-refractivity contribution is -0.119. The van der Waals surface area contributed by atoms with Gasteiger partial charge < -0.3 is 15.4 Å². The summed E-state index contributed by atoms with van der Waals surface area (Å²) < 4.78 is 33.3. The van der Waals surface area contributed by atoms with Crippen molar-refractivity contribution in [2.45, 2.75) is 24.6 Å². The van der Waals surface area contributed by atoms with Crippen LogP contribution in [0.3, 0.4) is 0 Å². The number of carbonyl (C=O) groups excluding carboxylic acids is 1. The van der Waals surface area contributed by atoms with Gasteiger partial charge in [-0.3, -0.25) is 9.79 Å². The third-order valence-corrected chi connectivity index (χ3v) is 6.21. The average molecular weight is 473 g/mol. The van der Waals surface area contributed by atoms with Crippen LogP contribution in [0.5, 0.6) is 5.75 Å². The van der Waals surface area contributed by atoms with Crippen molar-refractivity contribution in [3.63, 3.8) is 0 Å².